The predicted octanol–water partition coefficient (Wildman–Crippen LogP) is 2.26. The molecule has 0 radical (unpaired) electrons. The van der Waals surface area contributed by atoms with E-state index < -0.39 is 4.92 Å². The van der Waals surface area contributed by atoms with Crippen molar-refractivity contribution in [1.29, 1.82) is 5.41 Å². The van der Waals surface area contributed by atoms with E-state index in [1.807, 2.05) is 18.7 Å². The number of rotatable bonds is 4. The SMILES string of the molecule is CCN(CC)C(=N)c1ccc([N+](=O)[O-])cc1. The summed E-state index contributed by atoms with van der Waals surface area (Å²) in [5.41, 5.74) is 0.755. The van der Waals surface area contributed by atoms with Crippen LogP contribution in [-0.2, 0) is 0 Å². The van der Waals surface area contributed by atoms with Gasteiger partial charge in [-0.25, -0.2) is 0 Å². The first-order chi connectivity index (χ1) is 7.60. The van der Waals surface area contributed by atoms with E-state index in [4.69, 9.17) is 5.41 Å². The van der Waals surface area contributed by atoms with Crippen molar-refractivity contribution in [3.8, 4) is 0 Å². The fourth-order valence-electron chi connectivity index (χ4n) is 1.46. The first-order valence-electron chi connectivity index (χ1n) is 5.18. The van der Waals surface area contributed by atoms with Crippen molar-refractivity contribution in [3.05, 3.63) is 39.9 Å². The fourth-order valence-corrected chi connectivity index (χ4v) is 1.46. The van der Waals surface area contributed by atoms with Crippen LogP contribution >= 0.6 is 0 Å². The second-order valence-corrected chi connectivity index (χ2v) is 3.32. The highest BCUT2D eigenvalue weighted by Crippen LogP contribution is 2.13. The van der Waals surface area contributed by atoms with Gasteiger partial charge in [-0.1, -0.05) is 0 Å². The molecule has 0 aromatic heterocycles. The van der Waals surface area contributed by atoms with Crippen molar-refractivity contribution in [3.63, 3.8) is 0 Å². The molecule has 0 spiro atoms. The van der Waals surface area contributed by atoms with E-state index in [-0.39, 0.29) is 5.69 Å². The van der Waals surface area contributed by atoms with E-state index in [0.29, 0.717) is 11.4 Å². The molecular weight excluding hydrogens is 206 g/mol. The molecule has 0 unspecified atom stereocenters. The van der Waals surface area contributed by atoms with Gasteiger partial charge in [0.1, 0.15) is 5.84 Å². The highest BCUT2D eigenvalue weighted by Gasteiger charge is 2.10. The van der Waals surface area contributed by atoms with E-state index in [1.54, 1.807) is 12.1 Å². The third-order valence-corrected chi connectivity index (χ3v) is 2.43. The van der Waals surface area contributed by atoms with Gasteiger partial charge >= 0.3 is 0 Å². The maximum absolute atomic E-state index is 10.5. The summed E-state index contributed by atoms with van der Waals surface area (Å²) in [5.74, 6) is 0.403. The van der Waals surface area contributed by atoms with Gasteiger partial charge in [-0.05, 0) is 26.0 Å². The second kappa shape index (κ2) is 5.25. The molecule has 1 N–H and O–H groups in total. The summed E-state index contributed by atoms with van der Waals surface area (Å²) >= 11 is 0. The lowest BCUT2D eigenvalue weighted by molar-refractivity contribution is -0.384. The third kappa shape index (κ3) is 2.56. The Morgan fingerprint density at radius 1 is 1.31 bits per heavy atom. The smallest absolute Gasteiger partial charge is 0.269 e. The van der Waals surface area contributed by atoms with Gasteiger partial charge in [-0.15, -0.1) is 0 Å². The largest absolute Gasteiger partial charge is 0.357 e. The Balaban J connectivity index is 2.89. The number of hydrogen-bond donors (Lipinski definition) is 1. The van der Waals surface area contributed by atoms with Gasteiger partial charge in [0.05, 0.1) is 4.92 Å². The molecule has 1 aromatic carbocycles. The van der Waals surface area contributed by atoms with Crippen LogP contribution in [0.4, 0.5) is 5.69 Å². The zero-order valence-corrected chi connectivity index (χ0v) is 9.43. The lowest BCUT2D eigenvalue weighted by Gasteiger charge is -2.21. The van der Waals surface area contributed by atoms with Gasteiger partial charge < -0.3 is 4.90 Å². The number of nitrogens with one attached hydrogen (secondary N) is 1. The summed E-state index contributed by atoms with van der Waals surface area (Å²) in [6.07, 6.45) is 0. The number of nitrogens with zero attached hydrogens (tertiary/aromatic N) is 2. The van der Waals surface area contributed by atoms with Crippen LogP contribution < -0.4 is 0 Å². The lowest BCUT2D eigenvalue weighted by Crippen LogP contribution is -2.30. The molecular formula is C11H15N3O2. The third-order valence-electron chi connectivity index (χ3n) is 2.43. The molecule has 0 bridgehead atoms. The Morgan fingerprint density at radius 3 is 2.19 bits per heavy atom. The molecule has 5 nitrogen and oxygen atoms in total. The van der Waals surface area contributed by atoms with E-state index in [9.17, 15) is 10.1 Å². The van der Waals surface area contributed by atoms with Crippen molar-refractivity contribution in [1.82, 2.24) is 4.90 Å². The summed E-state index contributed by atoms with van der Waals surface area (Å²) in [6, 6.07) is 6.07. The zero-order valence-electron chi connectivity index (χ0n) is 9.43. The summed E-state index contributed by atoms with van der Waals surface area (Å²) in [4.78, 5) is 11.9. The Bertz CT molecular complexity index is 383. The van der Waals surface area contributed by atoms with Crippen LogP contribution in [0.2, 0.25) is 0 Å². The van der Waals surface area contributed by atoms with E-state index in [0.717, 1.165) is 13.1 Å². The topological polar surface area (TPSA) is 70.2 Å². The molecule has 0 atom stereocenters. The maximum atomic E-state index is 10.5. The van der Waals surface area contributed by atoms with Gasteiger partial charge in [0.25, 0.3) is 5.69 Å². The average molecular weight is 221 g/mol. The molecule has 0 heterocycles. The van der Waals surface area contributed by atoms with Crippen LogP contribution in [0.5, 0.6) is 0 Å². The molecule has 1 rings (SSSR count). The number of nitro benzene ring substituents is 1. The molecule has 0 saturated heterocycles. The average Bonchev–Trinajstić information content (AvgIpc) is 2.30. The molecule has 0 aliphatic carbocycles. The van der Waals surface area contributed by atoms with Crippen LogP contribution in [0.3, 0.4) is 0 Å². The van der Waals surface area contributed by atoms with Gasteiger partial charge in [0.15, 0.2) is 0 Å². The molecule has 86 valence electrons. The van der Waals surface area contributed by atoms with E-state index in [2.05, 4.69) is 0 Å². The van der Waals surface area contributed by atoms with Crippen LogP contribution in [0.25, 0.3) is 0 Å². The first kappa shape index (κ1) is 12.2. The zero-order chi connectivity index (χ0) is 12.1. The van der Waals surface area contributed by atoms with Gasteiger partial charge in [-0.3, -0.25) is 15.5 Å². The number of hydrogen-bond acceptors (Lipinski definition) is 3. The number of benzene rings is 1. The van der Waals surface area contributed by atoms with Crippen LogP contribution in [0, 0.1) is 15.5 Å². The summed E-state index contributed by atoms with van der Waals surface area (Å²) in [7, 11) is 0. The normalized spacial score (nSPS) is 9.88. The fraction of sp³-hybridized carbons (Fsp3) is 0.364. The molecule has 0 fully saturated rings. The number of nitro groups is 1. The van der Waals surface area contributed by atoms with Gasteiger partial charge in [0, 0.05) is 30.8 Å². The first-order valence-corrected chi connectivity index (χ1v) is 5.18. The quantitative estimate of drug-likeness (QED) is 0.367. The number of amidine groups is 1. The minimum Gasteiger partial charge on any atom is -0.357 e. The molecule has 0 aliphatic rings. The van der Waals surface area contributed by atoms with Crippen LogP contribution in [0.15, 0.2) is 24.3 Å². The van der Waals surface area contributed by atoms with Gasteiger partial charge in [0.2, 0.25) is 0 Å². The molecule has 16 heavy (non-hydrogen) atoms. The molecule has 5 heteroatoms. The van der Waals surface area contributed by atoms with Crippen molar-refractivity contribution in [2.75, 3.05) is 13.1 Å². The van der Waals surface area contributed by atoms with Gasteiger partial charge in [-0.2, -0.15) is 0 Å². The monoisotopic (exact) mass is 221 g/mol. The standard InChI is InChI=1S/C11H15N3O2/c1-3-13(4-2)11(12)9-5-7-10(8-6-9)14(15)16/h5-8,12H,3-4H2,1-2H3. The Kier molecular flexibility index (Phi) is 3.99. The van der Waals surface area contributed by atoms with Crippen LogP contribution in [0.1, 0.15) is 19.4 Å². The Morgan fingerprint density at radius 2 is 1.81 bits per heavy atom. The molecule has 0 aliphatic heterocycles. The Hall–Kier alpha value is -1.91. The van der Waals surface area contributed by atoms with E-state index >= 15 is 0 Å². The lowest BCUT2D eigenvalue weighted by atomic mass is 10.1. The maximum Gasteiger partial charge on any atom is 0.269 e. The summed E-state index contributed by atoms with van der Waals surface area (Å²) in [6.45, 7) is 5.46. The predicted molar refractivity (Wildman–Crippen MR) is 62.8 cm³/mol. The highest BCUT2D eigenvalue weighted by molar-refractivity contribution is 5.96. The van der Waals surface area contributed by atoms with Crippen molar-refractivity contribution in [2.24, 2.45) is 0 Å². The number of non-ortho nitro benzene ring substituents is 1. The van der Waals surface area contributed by atoms with E-state index in [1.165, 1.54) is 12.1 Å². The minimum absolute atomic E-state index is 0.0519. The summed E-state index contributed by atoms with van der Waals surface area (Å²) in [5, 5.41) is 18.4. The van der Waals surface area contributed by atoms with Crippen LogP contribution in [-0.4, -0.2) is 28.7 Å². The van der Waals surface area contributed by atoms with Crippen molar-refractivity contribution in [2.45, 2.75) is 13.8 Å². The molecule has 0 amide bonds. The van der Waals surface area contributed by atoms with Crippen molar-refractivity contribution < 1.29 is 4.92 Å². The van der Waals surface area contributed by atoms with Crippen molar-refractivity contribution >= 4 is 11.5 Å². The highest BCUT2D eigenvalue weighted by atomic mass is 16.6. The minimum atomic E-state index is -0.440. The molecule has 0 saturated carbocycles. The Labute approximate surface area is 94.4 Å². The summed E-state index contributed by atoms with van der Waals surface area (Å²) < 4.78 is 0. The molecule has 1 aromatic rings. The second-order valence-electron chi connectivity index (χ2n) is 3.32.